The van der Waals surface area contributed by atoms with Crippen LogP contribution in [0.15, 0.2) is 0 Å². The number of hydrogen-bond acceptors (Lipinski definition) is 1. The summed E-state index contributed by atoms with van der Waals surface area (Å²) in [6.45, 7) is 4.51. The van der Waals surface area contributed by atoms with E-state index in [1.165, 1.54) is 51.4 Å². The highest BCUT2D eigenvalue weighted by Crippen LogP contribution is 2.29. The molecule has 2 heteroatoms. The summed E-state index contributed by atoms with van der Waals surface area (Å²) in [6, 6.07) is 0. The van der Waals surface area contributed by atoms with Gasteiger partial charge < -0.3 is 4.74 Å². The Labute approximate surface area is 108 Å². The Balaban J connectivity index is 2.04. The van der Waals surface area contributed by atoms with Crippen LogP contribution in [0.4, 0.5) is 0 Å². The van der Waals surface area contributed by atoms with Gasteiger partial charge in [0.1, 0.15) is 0 Å². The first-order valence-electron chi connectivity index (χ1n) is 6.53. The van der Waals surface area contributed by atoms with Crippen LogP contribution in [-0.2, 0) is 4.74 Å². The van der Waals surface area contributed by atoms with Crippen LogP contribution in [0.5, 0.6) is 0 Å². The molecule has 0 aromatic carbocycles. The van der Waals surface area contributed by atoms with Gasteiger partial charge in [-0.1, -0.05) is 55.2 Å². The summed E-state index contributed by atoms with van der Waals surface area (Å²) in [5.74, 6) is 0. The second-order valence-corrected chi connectivity index (χ2v) is 6.38. The molecule has 0 amide bonds. The van der Waals surface area contributed by atoms with Gasteiger partial charge in [-0.3, -0.25) is 0 Å². The van der Waals surface area contributed by atoms with Gasteiger partial charge in [-0.05, 0) is 32.6 Å². The highest BCUT2D eigenvalue weighted by atomic mass is 127. The third-order valence-electron chi connectivity index (χ3n) is 3.24. The second kappa shape index (κ2) is 7.88. The summed E-state index contributed by atoms with van der Waals surface area (Å²) in [5.41, 5.74) is 0. The summed E-state index contributed by atoms with van der Waals surface area (Å²) < 4.78 is 6.86. The van der Waals surface area contributed by atoms with Crippen LogP contribution in [0.1, 0.15) is 65.2 Å². The number of alkyl halides is 1. The van der Waals surface area contributed by atoms with Crippen molar-refractivity contribution in [2.75, 3.05) is 0 Å². The maximum absolute atomic E-state index is 6.10. The molecular formula is C13H25IO. The van der Waals surface area contributed by atoms with E-state index in [1.807, 2.05) is 0 Å². The molecule has 1 aliphatic rings. The molecule has 0 radical (unpaired) electrons. The van der Waals surface area contributed by atoms with Gasteiger partial charge in [-0.15, -0.1) is 0 Å². The second-order valence-electron chi connectivity index (χ2n) is 4.78. The first-order chi connectivity index (χ1) is 7.24. The van der Waals surface area contributed by atoms with E-state index >= 15 is 0 Å². The van der Waals surface area contributed by atoms with E-state index in [2.05, 4.69) is 36.4 Å². The van der Waals surface area contributed by atoms with Crippen LogP contribution in [0.25, 0.3) is 0 Å². The lowest BCUT2D eigenvalue weighted by atomic mass is 10.1. The van der Waals surface area contributed by atoms with Crippen LogP contribution < -0.4 is 0 Å². The highest BCUT2D eigenvalue weighted by Gasteiger charge is 2.26. The zero-order valence-electron chi connectivity index (χ0n) is 10.2. The molecule has 1 fully saturated rings. The maximum atomic E-state index is 6.10. The van der Waals surface area contributed by atoms with Crippen molar-refractivity contribution >= 4 is 22.6 Å². The first kappa shape index (κ1) is 13.8. The number of unbranched alkanes of at least 4 members (excludes halogenated alkanes) is 3. The van der Waals surface area contributed by atoms with Crippen molar-refractivity contribution in [3.63, 3.8) is 0 Å². The van der Waals surface area contributed by atoms with Crippen LogP contribution in [0.3, 0.4) is 0 Å². The van der Waals surface area contributed by atoms with E-state index in [-0.39, 0.29) is 0 Å². The summed E-state index contributed by atoms with van der Waals surface area (Å²) in [6.07, 6.45) is 11.7. The standard InChI is InChI=1S/C13H25IO/c1-3-4-5-6-8-11(2)15-13-10-7-9-12(13)14/h11-13H,3-10H2,1-2H3. The number of rotatable bonds is 7. The van der Waals surface area contributed by atoms with Gasteiger partial charge in [0, 0.05) is 3.92 Å². The van der Waals surface area contributed by atoms with Crippen molar-refractivity contribution in [2.45, 2.75) is 81.3 Å². The molecule has 0 aromatic heterocycles. The van der Waals surface area contributed by atoms with E-state index in [1.54, 1.807) is 0 Å². The van der Waals surface area contributed by atoms with E-state index in [0.717, 1.165) is 3.92 Å². The molecule has 0 spiro atoms. The average Bonchev–Trinajstić information content (AvgIpc) is 2.59. The van der Waals surface area contributed by atoms with Crippen molar-refractivity contribution in [1.82, 2.24) is 0 Å². The molecular weight excluding hydrogens is 299 g/mol. The molecule has 1 saturated carbocycles. The van der Waals surface area contributed by atoms with Gasteiger partial charge in [0.2, 0.25) is 0 Å². The molecule has 0 N–H and O–H groups in total. The van der Waals surface area contributed by atoms with Crippen LogP contribution in [0.2, 0.25) is 0 Å². The van der Waals surface area contributed by atoms with Gasteiger partial charge in [-0.2, -0.15) is 0 Å². The van der Waals surface area contributed by atoms with Crippen molar-refractivity contribution in [1.29, 1.82) is 0 Å². The van der Waals surface area contributed by atoms with Gasteiger partial charge in [-0.25, -0.2) is 0 Å². The summed E-state index contributed by atoms with van der Waals surface area (Å²) in [5, 5.41) is 0. The number of halogens is 1. The lowest BCUT2D eigenvalue weighted by molar-refractivity contribution is 0.00173. The SMILES string of the molecule is CCCCCCC(C)OC1CCCC1I. The van der Waals surface area contributed by atoms with Crippen molar-refractivity contribution in [3.05, 3.63) is 0 Å². The molecule has 1 rings (SSSR count). The normalized spacial score (nSPS) is 28.2. The van der Waals surface area contributed by atoms with Gasteiger partial charge in [0.15, 0.2) is 0 Å². The fourth-order valence-electron chi connectivity index (χ4n) is 2.26. The minimum Gasteiger partial charge on any atom is -0.374 e. The van der Waals surface area contributed by atoms with Crippen LogP contribution in [-0.4, -0.2) is 16.1 Å². The minimum absolute atomic E-state index is 0.474. The summed E-state index contributed by atoms with van der Waals surface area (Å²) >= 11 is 2.55. The Kier molecular flexibility index (Phi) is 7.23. The van der Waals surface area contributed by atoms with E-state index in [9.17, 15) is 0 Å². The molecule has 15 heavy (non-hydrogen) atoms. The molecule has 0 heterocycles. The van der Waals surface area contributed by atoms with Crippen molar-refractivity contribution in [3.8, 4) is 0 Å². The molecule has 1 aliphatic carbocycles. The third kappa shape index (κ3) is 5.53. The largest absolute Gasteiger partial charge is 0.374 e. The van der Waals surface area contributed by atoms with E-state index < -0.39 is 0 Å². The average molecular weight is 324 g/mol. The molecule has 3 unspecified atom stereocenters. The minimum atomic E-state index is 0.474. The lowest BCUT2D eigenvalue weighted by Gasteiger charge is -2.21. The molecule has 0 bridgehead atoms. The summed E-state index contributed by atoms with van der Waals surface area (Å²) in [4.78, 5) is 0. The lowest BCUT2D eigenvalue weighted by Crippen LogP contribution is -2.23. The maximum Gasteiger partial charge on any atom is 0.0696 e. The Morgan fingerprint density at radius 1 is 1.27 bits per heavy atom. The fraction of sp³-hybridized carbons (Fsp3) is 1.00. The zero-order valence-corrected chi connectivity index (χ0v) is 12.3. The Bertz CT molecular complexity index is 161. The Morgan fingerprint density at radius 2 is 2.07 bits per heavy atom. The van der Waals surface area contributed by atoms with Crippen LogP contribution >= 0.6 is 22.6 Å². The molecule has 0 aliphatic heterocycles. The molecule has 3 atom stereocenters. The monoisotopic (exact) mass is 324 g/mol. The van der Waals surface area contributed by atoms with Crippen molar-refractivity contribution in [2.24, 2.45) is 0 Å². The highest BCUT2D eigenvalue weighted by molar-refractivity contribution is 14.1. The molecule has 0 saturated heterocycles. The Morgan fingerprint density at radius 3 is 2.67 bits per heavy atom. The van der Waals surface area contributed by atoms with E-state index in [4.69, 9.17) is 4.74 Å². The predicted octanol–water partition coefficient (Wildman–Crippen LogP) is 4.72. The van der Waals surface area contributed by atoms with Gasteiger partial charge in [0.25, 0.3) is 0 Å². The number of hydrogen-bond donors (Lipinski definition) is 0. The number of ether oxygens (including phenoxy) is 1. The predicted molar refractivity (Wildman–Crippen MR) is 74.8 cm³/mol. The third-order valence-corrected chi connectivity index (χ3v) is 4.67. The first-order valence-corrected chi connectivity index (χ1v) is 7.78. The molecule has 1 nitrogen and oxygen atoms in total. The van der Waals surface area contributed by atoms with Crippen molar-refractivity contribution < 1.29 is 4.74 Å². The fourth-order valence-corrected chi connectivity index (χ4v) is 3.23. The van der Waals surface area contributed by atoms with Gasteiger partial charge >= 0.3 is 0 Å². The topological polar surface area (TPSA) is 9.23 Å². The zero-order chi connectivity index (χ0) is 11.1. The molecule has 90 valence electrons. The Hall–Kier alpha value is 0.690. The quantitative estimate of drug-likeness (QED) is 0.374. The van der Waals surface area contributed by atoms with Gasteiger partial charge in [0.05, 0.1) is 12.2 Å². The molecule has 0 aromatic rings. The van der Waals surface area contributed by atoms with Crippen LogP contribution in [0, 0.1) is 0 Å². The summed E-state index contributed by atoms with van der Waals surface area (Å²) in [7, 11) is 0. The van der Waals surface area contributed by atoms with E-state index in [0.29, 0.717) is 12.2 Å². The smallest absolute Gasteiger partial charge is 0.0696 e.